The summed E-state index contributed by atoms with van der Waals surface area (Å²) in [7, 11) is 0. The second-order valence-electron chi connectivity index (χ2n) is 4.67. The molecule has 1 aromatic carbocycles. The van der Waals surface area contributed by atoms with E-state index >= 15 is 0 Å². The summed E-state index contributed by atoms with van der Waals surface area (Å²) in [6.07, 6.45) is 1.69. The fraction of sp³-hybridized carbons (Fsp3) is 0.188. The number of furan rings is 1. The third kappa shape index (κ3) is 2.81. The van der Waals surface area contributed by atoms with Crippen molar-refractivity contribution in [2.45, 2.75) is 19.5 Å². The smallest absolute Gasteiger partial charge is 0.133 e. The number of hydrogen-bond donors (Lipinski definition) is 1. The van der Waals surface area contributed by atoms with Gasteiger partial charge in [-0.1, -0.05) is 35.5 Å². The summed E-state index contributed by atoms with van der Waals surface area (Å²) in [6, 6.07) is 16.0. The summed E-state index contributed by atoms with van der Waals surface area (Å²) in [4.78, 5) is 0. The predicted octanol–water partition coefficient (Wildman–Crippen LogP) is 3.46. The summed E-state index contributed by atoms with van der Waals surface area (Å²) in [5.41, 5.74) is 2.04. The van der Waals surface area contributed by atoms with Crippen molar-refractivity contribution in [1.29, 1.82) is 0 Å². The van der Waals surface area contributed by atoms with Gasteiger partial charge in [0.1, 0.15) is 11.5 Å². The van der Waals surface area contributed by atoms with Gasteiger partial charge in [0, 0.05) is 12.6 Å². The van der Waals surface area contributed by atoms with Crippen LogP contribution in [0.5, 0.6) is 0 Å². The summed E-state index contributed by atoms with van der Waals surface area (Å²) in [5, 5.41) is 7.45. The molecule has 0 aliphatic rings. The molecule has 1 atom stereocenters. The molecule has 3 aromatic rings. The maximum absolute atomic E-state index is 5.54. The Kier molecular flexibility index (Phi) is 3.65. The zero-order valence-electron chi connectivity index (χ0n) is 11.2. The number of aryl methyl sites for hydroxylation is 1. The van der Waals surface area contributed by atoms with E-state index in [9.17, 15) is 0 Å². The fourth-order valence-electron chi connectivity index (χ4n) is 2.19. The van der Waals surface area contributed by atoms with Gasteiger partial charge >= 0.3 is 0 Å². The van der Waals surface area contributed by atoms with Crippen LogP contribution in [0.25, 0.3) is 0 Å². The van der Waals surface area contributed by atoms with E-state index in [2.05, 4.69) is 22.6 Å². The Morgan fingerprint density at radius 1 is 1.15 bits per heavy atom. The Labute approximate surface area is 117 Å². The number of hydrogen-bond acceptors (Lipinski definition) is 4. The van der Waals surface area contributed by atoms with Gasteiger partial charge in [-0.2, -0.15) is 0 Å². The van der Waals surface area contributed by atoms with Gasteiger partial charge in [-0.25, -0.2) is 0 Å². The van der Waals surface area contributed by atoms with Crippen molar-refractivity contribution < 1.29 is 8.94 Å². The molecule has 0 aliphatic heterocycles. The average Bonchev–Trinajstić information content (AvgIpc) is 3.12. The second kappa shape index (κ2) is 5.75. The molecule has 0 fully saturated rings. The lowest BCUT2D eigenvalue weighted by molar-refractivity contribution is 0.383. The molecule has 0 spiro atoms. The van der Waals surface area contributed by atoms with Gasteiger partial charge in [0.15, 0.2) is 0 Å². The van der Waals surface area contributed by atoms with Crippen molar-refractivity contribution in [1.82, 2.24) is 10.5 Å². The standard InChI is InChI=1S/C16H16N2O2/c1-12-10-14(18-20-12)11-17-16(15-8-5-9-19-15)13-6-3-2-4-7-13/h2-10,16-17H,11H2,1H3. The van der Waals surface area contributed by atoms with E-state index in [0.29, 0.717) is 6.54 Å². The van der Waals surface area contributed by atoms with Crippen molar-refractivity contribution in [3.63, 3.8) is 0 Å². The Bertz CT molecular complexity index is 644. The normalized spacial score (nSPS) is 12.4. The van der Waals surface area contributed by atoms with E-state index in [1.165, 1.54) is 0 Å². The third-order valence-electron chi connectivity index (χ3n) is 3.12. The molecular formula is C16H16N2O2. The van der Waals surface area contributed by atoms with Crippen LogP contribution in [0, 0.1) is 6.92 Å². The number of benzene rings is 1. The maximum Gasteiger partial charge on any atom is 0.133 e. The van der Waals surface area contributed by atoms with Crippen LogP contribution in [0.1, 0.15) is 28.8 Å². The van der Waals surface area contributed by atoms with Gasteiger partial charge in [-0.15, -0.1) is 0 Å². The van der Waals surface area contributed by atoms with Gasteiger partial charge in [0.25, 0.3) is 0 Å². The minimum Gasteiger partial charge on any atom is -0.467 e. The van der Waals surface area contributed by atoms with E-state index in [0.717, 1.165) is 22.8 Å². The lowest BCUT2D eigenvalue weighted by atomic mass is 10.0. The molecule has 2 aromatic heterocycles. The number of rotatable bonds is 5. The van der Waals surface area contributed by atoms with Crippen LogP contribution in [0.2, 0.25) is 0 Å². The van der Waals surface area contributed by atoms with Gasteiger partial charge in [-0.05, 0) is 24.6 Å². The zero-order chi connectivity index (χ0) is 13.8. The topological polar surface area (TPSA) is 51.2 Å². The van der Waals surface area contributed by atoms with E-state index < -0.39 is 0 Å². The van der Waals surface area contributed by atoms with Crippen LogP contribution in [0.4, 0.5) is 0 Å². The second-order valence-corrected chi connectivity index (χ2v) is 4.67. The van der Waals surface area contributed by atoms with E-state index in [-0.39, 0.29) is 6.04 Å². The van der Waals surface area contributed by atoms with Crippen molar-refractivity contribution in [2.24, 2.45) is 0 Å². The van der Waals surface area contributed by atoms with Gasteiger partial charge in [-0.3, -0.25) is 5.32 Å². The lowest BCUT2D eigenvalue weighted by Crippen LogP contribution is -2.21. The fourth-order valence-corrected chi connectivity index (χ4v) is 2.19. The summed E-state index contributed by atoms with van der Waals surface area (Å²) in [5.74, 6) is 1.70. The molecule has 0 aliphatic carbocycles. The first-order valence-corrected chi connectivity index (χ1v) is 6.57. The molecule has 20 heavy (non-hydrogen) atoms. The van der Waals surface area contributed by atoms with Gasteiger partial charge in [0.2, 0.25) is 0 Å². The lowest BCUT2D eigenvalue weighted by Gasteiger charge is -2.16. The summed E-state index contributed by atoms with van der Waals surface area (Å²) in [6.45, 7) is 2.51. The molecule has 0 saturated heterocycles. The monoisotopic (exact) mass is 268 g/mol. The highest BCUT2D eigenvalue weighted by molar-refractivity contribution is 5.26. The molecule has 1 unspecified atom stereocenters. The first kappa shape index (κ1) is 12.7. The summed E-state index contributed by atoms with van der Waals surface area (Å²) < 4.78 is 10.6. The average molecular weight is 268 g/mol. The first-order chi connectivity index (χ1) is 9.83. The quantitative estimate of drug-likeness (QED) is 0.770. The van der Waals surface area contributed by atoms with Crippen LogP contribution in [-0.2, 0) is 6.54 Å². The van der Waals surface area contributed by atoms with Crippen LogP contribution >= 0.6 is 0 Å². The molecule has 0 amide bonds. The molecular weight excluding hydrogens is 252 g/mol. The number of aromatic nitrogens is 1. The Morgan fingerprint density at radius 2 is 2.00 bits per heavy atom. The molecule has 0 saturated carbocycles. The van der Waals surface area contributed by atoms with E-state index in [1.54, 1.807) is 6.26 Å². The summed E-state index contributed by atoms with van der Waals surface area (Å²) >= 11 is 0. The Morgan fingerprint density at radius 3 is 2.65 bits per heavy atom. The molecule has 4 nitrogen and oxygen atoms in total. The van der Waals surface area contributed by atoms with Crippen LogP contribution in [0.3, 0.4) is 0 Å². The highest BCUT2D eigenvalue weighted by Crippen LogP contribution is 2.22. The number of nitrogens with zero attached hydrogens (tertiary/aromatic N) is 1. The molecule has 1 N–H and O–H groups in total. The van der Waals surface area contributed by atoms with Crippen LogP contribution in [0.15, 0.2) is 63.7 Å². The number of nitrogens with one attached hydrogen (secondary N) is 1. The van der Waals surface area contributed by atoms with Crippen LogP contribution < -0.4 is 5.32 Å². The SMILES string of the molecule is Cc1cc(CNC(c2ccccc2)c2ccco2)no1. The Hall–Kier alpha value is -2.33. The third-order valence-corrected chi connectivity index (χ3v) is 3.12. The highest BCUT2D eigenvalue weighted by atomic mass is 16.5. The van der Waals surface area contributed by atoms with Crippen molar-refractivity contribution in [3.8, 4) is 0 Å². The predicted molar refractivity (Wildman–Crippen MR) is 75.1 cm³/mol. The highest BCUT2D eigenvalue weighted by Gasteiger charge is 2.16. The molecule has 102 valence electrons. The molecule has 3 rings (SSSR count). The Balaban J connectivity index is 1.80. The van der Waals surface area contributed by atoms with Crippen LogP contribution in [-0.4, -0.2) is 5.16 Å². The van der Waals surface area contributed by atoms with Crippen molar-refractivity contribution in [3.05, 3.63) is 77.6 Å². The molecule has 0 radical (unpaired) electrons. The van der Waals surface area contributed by atoms with E-state index in [4.69, 9.17) is 8.94 Å². The van der Waals surface area contributed by atoms with Gasteiger partial charge < -0.3 is 8.94 Å². The molecule has 4 heteroatoms. The van der Waals surface area contributed by atoms with Crippen molar-refractivity contribution >= 4 is 0 Å². The molecule has 0 bridgehead atoms. The maximum atomic E-state index is 5.54. The first-order valence-electron chi connectivity index (χ1n) is 6.57. The van der Waals surface area contributed by atoms with Crippen molar-refractivity contribution in [2.75, 3.05) is 0 Å². The van der Waals surface area contributed by atoms with E-state index in [1.807, 2.05) is 43.3 Å². The zero-order valence-corrected chi connectivity index (χ0v) is 11.2. The minimum atomic E-state index is 0.00297. The largest absolute Gasteiger partial charge is 0.467 e. The molecule has 2 heterocycles. The van der Waals surface area contributed by atoms with Gasteiger partial charge in [0.05, 0.1) is 18.0 Å². The minimum absolute atomic E-state index is 0.00297.